The largest absolute Gasteiger partial charge is 0.496 e. The first-order valence-electron chi connectivity index (χ1n) is 5.52. The van der Waals surface area contributed by atoms with Crippen molar-refractivity contribution < 1.29 is 14.6 Å². The van der Waals surface area contributed by atoms with Gasteiger partial charge in [0.1, 0.15) is 5.75 Å². The Morgan fingerprint density at radius 3 is 2.95 bits per heavy atom. The molecule has 0 aliphatic rings. The maximum atomic E-state index is 11.1. The summed E-state index contributed by atoms with van der Waals surface area (Å²) in [5.74, 6) is -0.362. The number of carbonyl (C=O) groups is 1. The molecule has 0 radical (unpaired) electrons. The van der Waals surface area contributed by atoms with Gasteiger partial charge in [-0.1, -0.05) is 0 Å². The predicted molar refractivity (Wildman–Crippen MR) is 72.9 cm³/mol. The van der Waals surface area contributed by atoms with Gasteiger partial charge < -0.3 is 9.84 Å². The molecule has 0 aliphatic heterocycles. The van der Waals surface area contributed by atoms with Crippen LogP contribution in [0, 0.1) is 0 Å². The van der Waals surface area contributed by atoms with Crippen LogP contribution in [0.5, 0.6) is 5.75 Å². The quantitative estimate of drug-likeness (QED) is 0.769. The van der Waals surface area contributed by atoms with Crippen molar-refractivity contribution in [1.82, 2.24) is 10.2 Å². The number of hydrogen-bond acceptors (Lipinski definition) is 4. The number of thiophene rings is 1. The molecule has 96 valence electrons. The van der Waals surface area contributed by atoms with Crippen LogP contribution in [0.4, 0.5) is 0 Å². The van der Waals surface area contributed by atoms with Gasteiger partial charge in [0, 0.05) is 17.0 Å². The van der Waals surface area contributed by atoms with E-state index in [9.17, 15) is 4.79 Å². The number of aromatic nitrogens is 2. The van der Waals surface area contributed by atoms with E-state index in [4.69, 9.17) is 9.84 Å². The number of rotatable bonds is 3. The molecule has 0 atom stereocenters. The Bertz CT molecular complexity index is 747. The third kappa shape index (κ3) is 1.86. The molecule has 0 spiro atoms. The van der Waals surface area contributed by atoms with E-state index in [1.807, 2.05) is 16.8 Å². The highest BCUT2D eigenvalue weighted by atomic mass is 32.1. The maximum absolute atomic E-state index is 11.1. The minimum absolute atomic E-state index is 0.0223. The monoisotopic (exact) mass is 274 g/mol. The molecule has 0 fully saturated rings. The molecule has 2 aromatic heterocycles. The highest BCUT2D eigenvalue weighted by Gasteiger charge is 2.16. The molecular weight excluding hydrogens is 264 g/mol. The lowest BCUT2D eigenvalue weighted by molar-refractivity contribution is 0.0692. The molecule has 5 nitrogen and oxygen atoms in total. The third-order valence-electron chi connectivity index (χ3n) is 2.92. The first-order chi connectivity index (χ1) is 9.20. The minimum Gasteiger partial charge on any atom is -0.496 e. The van der Waals surface area contributed by atoms with Crippen LogP contribution in [0.25, 0.3) is 22.0 Å². The van der Waals surface area contributed by atoms with Crippen LogP contribution in [0.2, 0.25) is 0 Å². The fourth-order valence-electron chi connectivity index (χ4n) is 2.02. The topological polar surface area (TPSA) is 75.2 Å². The van der Waals surface area contributed by atoms with E-state index < -0.39 is 5.97 Å². The Morgan fingerprint density at radius 1 is 1.47 bits per heavy atom. The molecule has 0 unspecified atom stereocenters. The van der Waals surface area contributed by atoms with Gasteiger partial charge in [-0.05, 0) is 28.5 Å². The van der Waals surface area contributed by atoms with E-state index in [-0.39, 0.29) is 5.69 Å². The van der Waals surface area contributed by atoms with Gasteiger partial charge in [-0.2, -0.15) is 16.4 Å². The van der Waals surface area contributed by atoms with Gasteiger partial charge >= 0.3 is 5.97 Å². The van der Waals surface area contributed by atoms with Crippen molar-refractivity contribution in [2.45, 2.75) is 0 Å². The van der Waals surface area contributed by atoms with E-state index in [2.05, 4.69) is 10.2 Å². The molecule has 0 bridgehead atoms. The average molecular weight is 274 g/mol. The molecule has 6 heteroatoms. The highest BCUT2D eigenvalue weighted by molar-refractivity contribution is 7.08. The van der Waals surface area contributed by atoms with E-state index in [0.29, 0.717) is 16.7 Å². The average Bonchev–Trinajstić information content (AvgIpc) is 3.05. The first-order valence-corrected chi connectivity index (χ1v) is 6.47. The van der Waals surface area contributed by atoms with Crippen molar-refractivity contribution >= 4 is 28.2 Å². The van der Waals surface area contributed by atoms with Gasteiger partial charge in [-0.25, -0.2) is 4.79 Å². The summed E-state index contributed by atoms with van der Waals surface area (Å²) >= 11 is 1.58. The summed E-state index contributed by atoms with van der Waals surface area (Å²) in [4.78, 5) is 11.1. The molecule has 1 aromatic carbocycles. The minimum atomic E-state index is -1.05. The molecule has 0 aliphatic carbocycles. The van der Waals surface area contributed by atoms with Crippen molar-refractivity contribution in [2.75, 3.05) is 7.11 Å². The molecule has 2 heterocycles. The summed E-state index contributed by atoms with van der Waals surface area (Å²) in [5.41, 5.74) is 2.53. The van der Waals surface area contributed by atoms with Crippen LogP contribution in [0.15, 0.2) is 29.0 Å². The Morgan fingerprint density at radius 2 is 2.32 bits per heavy atom. The zero-order chi connectivity index (χ0) is 13.4. The number of methoxy groups -OCH3 is 1. The Labute approximate surface area is 112 Å². The van der Waals surface area contributed by atoms with Crippen LogP contribution < -0.4 is 4.74 Å². The van der Waals surface area contributed by atoms with Crippen LogP contribution in [0.1, 0.15) is 10.5 Å². The van der Waals surface area contributed by atoms with Crippen molar-refractivity contribution in [3.05, 3.63) is 34.7 Å². The van der Waals surface area contributed by atoms with Gasteiger partial charge in [-0.15, -0.1) is 0 Å². The second kappa shape index (κ2) is 4.40. The van der Waals surface area contributed by atoms with Gasteiger partial charge in [-0.3, -0.25) is 5.10 Å². The molecule has 0 saturated heterocycles. The van der Waals surface area contributed by atoms with Crippen molar-refractivity contribution in [2.24, 2.45) is 0 Å². The van der Waals surface area contributed by atoms with E-state index in [1.165, 1.54) is 0 Å². The smallest absolute Gasteiger partial charge is 0.357 e. The maximum Gasteiger partial charge on any atom is 0.357 e. The van der Waals surface area contributed by atoms with E-state index >= 15 is 0 Å². The number of nitrogens with one attached hydrogen (secondary N) is 1. The van der Waals surface area contributed by atoms with Crippen molar-refractivity contribution in [3.63, 3.8) is 0 Å². The highest BCUT2D eigenvalue weighted by Crippen LogP contribution is 2.35. The number of aromatic amines is 1. The number of hydrogen-bond donors (Lipinski definition) is 2. The number of carboxylic acids is 1. The summed E-state index contributed by atoms with van der Waals surface area (Å²) in [6.45, 7) is 0. The third-order valence-corrected chi connectivity index (χ3v) is 3.60. The van der Waals surface area contributed by atoms with Gasteiger partial charge in [0.2, 0.25) is 0 Å². The van der Waals surface area contributed by atoms with Crippen LogP contribution in [-0.2, 0) is 0 Å². The molecule has 0 saturated carbocycles. The number of carboxylic acid groups (broad SMARTS) is 1. The predicted octanol–water partition coefficient (Wildman–Crippen LogP) is 3.00. The van der Waals surface area contributed by atoms with E-state index in [0.717, 1.165) is 11.1 Å². The summed E-state index contributed by atoms with van der Waals surface area (Å²) in [6.07, 6.45) is 0. The molecule has 2 N–H and O–H groups in total. The molecule has 3 aromatic rings. The lowest BCUT2D eigenvalue weighted by atomic mass is 10.0. The van der Waals surface area contributed by atoms with Gasteiger partial charge in [0.15, 0.2) is 5.69 Å². The number of nitrogens with zero attached hydrogens (tertiary/aromatic N) is 1. The van der Waals surface area contributed by atoms with Crippen molar-refractivity contribution in [1.29, 1.82) is 0 Å². The SMILES string of the molecule is COc1cc2[nH]nc(C(=O)O)c2cc1-c1ccsc1. The normalized spacial score (nSPS) is 10.8. The number of ether oxygens (including phenoxy) is 1. The Kier molecular flexibility index (Phi) is 2.72. The van der Waals surface area contributed by atoms with Crippen molar-refractivity contribution in [3.8, 4) is 16.9 Å². The zero-order valence-electron chi connectivity index (χ0n) is 10.0. The summed E-state index contributed by atoms with van der Waals surface area (Å²) in [6, 6.07) is 5.53. The van der Waals surface area contributed by atoms with Gasteiger partial charge in [0.25, 0.3) is 0 Å². The zero-order valence-corrected chi connectivity index (χ0v) is 10.8. The Balaban J connectivity index is 2.30. The van der Waals surface area contributed by atoms with Crippen LogP contribution in [0.3, 0.4) is 0 Å². The molecular formula is C13H10N2O3S. The second-order valence-electron chi connectivity index (χ2n) is 3.99. The summed E-state index contributed by atoms with van der Waals surface area (Å²) in [5, 5.41) is 20.2. The van der Waals surface area contributed by atoms with Crippen LogP contribution in [-0.4, -0.2) is 28.4 Å². The molecule has 0 amide bonds. The van der Waals surface area contributed by atoms with E-state index in [1.54, 1.807) is 30.6 Å². The molecule has 19 heavy (non-hydrogen) atoms. The number of benzene rings is 1. The number of aromatic carboxylic acids is 1. The van der Waals surface area contributed by atoms with Crippen LogP contribution >= 0.6 is 11.3 Å². The second-order valence-corrected chi connectivity index (χ2v) is 4.77. The van der Waals surface area contributed by atoms with Gasteiger partial charge in [0.05, 0.1) is 12.6 Å². The Hall–Kier alpha value is -2.34. The summed E-state index contributed by atoms with van der Waals surface area (Å²) in [7, 11) is 1.59. The fraction of sp³-hybridized carbons (Fsp3) is 0.0769. The first kappa shape index (κ1) is 11.7. The molecule has 3 rings (SSSR count). The lowest BCUT2D eigenvalue weighted by Gasteiger charge is -2.07. The summed E-state index contributed by atoms with van der Waals surface area (Å²) < 4.78 is 5.36. The number of H-pyrrole nitrogens is 1. The fourth-order valence-corrected chi connectivity index (χ4v) is 2.68. The standard InChI is InChI=1S/C13H10N2O3S/c1-18-11-5-10-9(12(13(16)17)15-14-10)4-8(11)7-2-3-19-6-7/h2-6H,1H3,(H,14,15)(H,16,17). The lowest BCUT2D eigenvalue weighted by Crippen LogP contribution is -1.97. The number of fused-ring (bicyclic) bond motifs is 1.